The average Bonchev–Trinajstić information content (AvgIpc) is 3.91. The van der Waals surface area contributed by atoms with Crippen LogP contribution in [0.15, 0.2) is 54.7 Å². The Hall–Kier alpha value is -4.92. The summed E-state index contributed by atoms with van der Waals surface area (Å²) in [5.41, 5.74) is 4.73. The van der Waals surface area contributed by atoms with Gasteiger partial charge in [-0.15, -0.1) is 0 Å². The van der Waals surface area contributed by atoms with Crippen LogP contribution < -0.4 is 35.5 Å². The van der Waals surface area contributed by atoms with E-state index in [9.17, 15) is 22.8 Å². The number of fused-ring (bicyclic) bond motifs is 1. The summed E-state index contributed by atoms with van der Waals surface area (Å²) in [5.74, 6) is 0.167. The lowest BCUT2D eigenvalue weighted by molar-refractivity contribution is -0.139. The van der Waals surface area contributed by atoms with Crippen LogP contribution in [0.3, 0.4) is 0 Å². The number of ether oxygens (including phenoxy) is 3. The van der Waals surface area contributed by atoms with E-state index in [1.807, 2.05) is 42.5 Å². The first kappa shape index (κ1) is 38.4. The third kappa shape index (κ3) is 8.51. The molecular weight excluding hydrogens is 737 g/mol. The summed E-state index contributed by atoms with van der Waals surface area (Å²) in [6, 6.07) is 14.3. The quantitative estimate of drug-likeness (QED) is 0.116. The second-order valence-corrected chi connectivity index (χ2v) is 14.3. The highest BCUT2D eigenvalue weighted by Crippen LogP contribution is 2.46. The van der Waals surface area contributed by atoms with Gasteiger partial charge in [0.05, 0.1) is 24.9 Å². The van der Waals surface area contributed by atoms with Crippen LogP contribution in [0.2, 0.25) is 5.02 Å². The number of carbonyl (C=O) groups excluding carboxylic acids is 2. The molecule has 2 aliphatic heterocycles. The number of rotatable bonds is 14. The van der Waals surface area contributed by atoms with Gasteiger partial charge in [0, 0.05) is 79.6 Å². The van der Waals surface area contributed by atoms with E-state index >= 15 is 0 Å². The molecule has 2 fully saturated rings. The van der Waals surface area contributed by atoms with E-state index in [1.165, 1.54) is 7.11 Å². The molecular formula is C40H42ClF3N6O5. The van der Waals surface area contributed by atoms with Gasteiger partial charge in [-0.3, -0.25) is 14.6 Å². The van der Waals surface area contributed by atoms with Crippen molar-refractivity contribution in [2.75, 3.05) is 27.3 Å². The minimum Gasteiger partial charge on any atom is -0.496 e. The van der Waals surface area contributed by atoms with Gasteiger partial charge in [0.15, 0.2) is 0 Å². The van der Waals surface area contributed by atoms with Gasteiger partial charge < -0.3 is 35.5 Å². The van der Waals surface area contributed by atoms with Crippen LogP contribution in [-0.4, -0.2) is 61.2 Å². The van der Waals surface area contributed by atoms with E-state index in [2.05, 4.69) is 31.2 Å². The number of halogens is 4. The van der Waals surface area contributed by atoms with Gasteiger partial charge in [-0.25, -0.2) is 0 Å². The molecule has 2 aromatic carbocycles. The molecule has 2 saturated heterocycles. The Labute approximate surface area is 321 Å². The van der Waals surface area contributed by atoms with Crippen LogP contribution in [0.1, 0.15) is 66.0 Å². The van der Waals surface area contributed by atoms with Gasteiger partial charge in [0.2, 0.25) is 23.6 Å². The summed E-state index contributed by atoms with van der Waals surface area (Å²) >= 11 is 7.09. The van der Waals surface area contributed by atoms with Crippen molar-refractivity contribution in [3.8, 4) is 39.9 Å². The smallest absolute Gasteiger partial charge is 0.421 e. The van der Waals surface area contributed by atoms with Crippen molar-refractivity contribution in [1.82, 2.24) is 31.2 Å². The third-order valence-corrected chi connectivity index (χ3v) is 10.7. The lowest BCUT2D eigenvalue weighted by atomic mass is 9.95. The number of aromatic nitrogens is 2. The molecule has 3 aliphatic rings. The second-order valence-electron chi connectivity index (χ2n) is 13.9. The van der Waals surface area contributed by atoms with Crippen molar-refractivity contribution < 1.29 is 37.0 Å². The van der Waals surface area contributed by atoms with E-state index in [-0.39, 0.29) is 41.9 Å². The molecule has 4 N–H and O–H groups in total. The number of pyridine rings is 2. The second kappa shape index (κ2) is 16.4. The molecule has 0 spiro atoms. The third-order valence-electron chi connectivity index (χ3n) is 10.3. The summed E-state index contributed by atoms with van der Waals surface area (Å²) in [7, 11) is 2.96. The molecule has 15 heteroatoms. The van der Waals surface area contributed by atoms with Crippen LogP contribution in [0.25, 0.3) is 22.4 Å². The first-order chi connectivity index (χ1) is 26.5. The van der Waals surface area contributed by atoms with Gasteiger partial charge in [0.1, 0.15) is 17.4 Å². The summed E-state index contributed by atoms with van der Waals surface area (Å²) in [4.78, 5) is 31.9. The Morgan fingerprint density at radius 3 is 2.18 bits per heavy atom. The standard InChI is InChI=1S/C40H42ClF3N6O5/c1-53-33-17-22(6-7-23(33)18-45-20-25-8-12-34(51)48-25)37-36(41)30(14-15-47-37)27-4-3-5-29-28(27)10-11-32(29)55-39-31(40(42,43)44)16-24(38(50-39)54-2)19-46-21-26-9-13-35(52)49-26/h3-7,14-17,25-26,32,45-46H,8-13,18-21H2,1-2H3,(H,48,51)(H,49,52)/t25-,26-,32+/m0/s1. The molecule has 4 heterocycles. The predicted molar refractivity (Wildman–Crippen MR) is 200 cm³/mol. The largest absolute Gasteiger partial charge is 0.496 e. The minimum atomic E-state index is -4.74. The zero-order chi connectivity index (χ0) is 38.7. The van der Waals surface area contributed by atoms with Crippen molar-refractivity contribution in [3.05, 3.63) is 87.6 Å². The SMILES string of the molecule is COc1cc(-c2nccc(-c3cccc4c3CC[C@H]4Oc3nc(OC)c(CNC[C@@H]4CCC(=O)N4)cc3C(F)(F)F)c2Cl)ccc1CNC[C@@H]1CCC(=O)N1. The van der Waals surface area contributed by atoms with E-state index in [4.69, 9.17) is 25.8 Å². The van der Waals surface area contributed by atoms with Crippen molar-refractivity contribution >= 4 is 23.4 Å². The number of amides is 2. The van der Waals surface area contributed by atoms with Gasteiger partial charge >= 0.3 is 6.18 Å². The molecule has 0 bridgehead atoms. The number of methoxy groups -OCH3 is 2. The van der Waals surface area contributed by atoms with Crippen LogP contribution in [0.5, 0.6) is 17.5 Å². The van der Waals surface area contributed by atoms with Gasteiger partial charge in [-0.2, -0.15) is 18.2 Å². The normalized spacial score (nSPS) is 19.3. The first-order valence-electron chi connectivity index (χ1n) is 18.3. The lowest BCUT2D eigenvalue weighted by Gasteiger charge is -2.21. The molecule has 4 aromatic rings. The maximum Gasteiger partial charge on any atom is 0.421 e. The maximum atomic E-state index is 14.5. The monoisotopic (exact) mass is 778 g/mol. The Balaban J connectivity index is 1.10. The highest BCUT2D eigenvalue weighted by molar-refractivity contribution is 6.35. The molecule has 2 aromatic heterocycles. The fourth-order valence-corrected chi connectivity index (χ4v) is 7.88. The first-order valence-corrected chi connectivity index (χ1v) is 18.7. The van der Waals surface area contributed by atoms with Gasteiger partial charge in [-0.05, 0) is 60.6 Å². The van der Waals surface area contributed by atoms with E-state index in [0.717, 1.165) is 45.9 Å². The summed E-state index contributed by atoms with van der Waals surface area (Å²) in [6.07, 6.45) is -0.330. The maximum absolute atomic E-state index is 14.5. The number of alkyl halides is 3. The number of carbonyl (C=O) groups is 2. The molecule has 7 rings (SSSR count). The fourth-order valence-electron chi connectivity index (χ4n) is 7.56. The van der Waals surface area contributed by atoms with Crippen LogP contribution in [0.4, 0.5) is 13.2 Å². The van der Waals surface area contributed by atoms with Crippen molar-refractivity contribution in [2.24, 2.45) is 0 Å². The molecule has 1 aliphatic carbocycles. The number of nitrogens with one attached hydrogen (secondary N) is 4. The average molecular weight is 779 g/mol. The van der Waals surface area contributed by atoms with E-state index < -0.39 is 23.7 Å². The Kier molecular flexibility index (Phi) is 11.5. The zero-order valence-electron chi connectivity index (χ0n) is 30.4. The molecule has 0 radical (unpaired) electrons. The van der Waals surface area contributed by atoms with Crippen molar-refractivity contribution in [1.29, 1.82) is 0 Å². The molecule has 11 nitrogen and oxygen atoms in total. The Morgan fingerprint density at radius 2 is 1.55 bits per heavy atom. The number of nitrogens with zero attached hydrogens (tertiary/aromatic N) is 2. The topological polar surface area (TPSA) is 136 Å². The summed E-state index contributed by atoms with van der Waals surface area (Å²) in [6.45, 7) is 1.67. The van der Waals surface area contributed by atoms with E-state index in [1.54, 1.807) is 13.3 Å². The van der Waals surface area contributed by atoms with Crippen molar-refractivity contribution in [3.63, 3.8) is 0 Å². The highest BCUT2D eigenvalue weighted by atomic mass is 35.5. The number of hydrogen-bond donors (Lipinski definition) is 4. The molecule has 0 unspecified atom stereocenters. The Bertz CT molecular complexity index is 2080. The Morgan fingerprint density at radius 1 is 0.836 bits per heavy atom. The molecule has 2 amide bonds. The molecule has 3 atom stereocenters. The van der Waals surface area contributed by atoms with Crippen LogP contribution >= 0.6 is 11.6 Å². The highest BCUT2D eigenvalue weighted by Gasteiger charge is 2.39. The van der Waals surface area contributed by atoms with Crippen molar-refractivity contribution in [2.45, 2.75) is 76.0 Å². The fraction of sp³-hybridized carbons (Fsp3) is 0.400. The van der Waals surface area contributed by atoms with Gasteiger partial charge in [0.25, 0.3) is 0 Å². The minimum absolute atomic E-state index is 0.0222. The summed E-state index contributed by atoms with van der Waals surface area (Å²) < 4.78 is 60.7. The predicted octanol–water partition coefficient (Wildman–Crippen LogP) is 6.30. The molecule has 55 heavy (non-hydrogen) atoms. The summed E-state index contributed by atoms with van der Waals surface area (Å²) in [5, 5.41) is 12.7. The van der Waals surface area contributed by atoms with Crippen LogP contribution in [-0.2, 0) is 35.3 Å². The van der Waals surface area contributed by atoms with E-state index in [0.29, 0.717) is 68.2 Å². The number of benzene rings is 2. The lowest BCUT2D eigenvalue weighted by Crippen LogP contribution is -2.35. The number of hydrogen-bond acceptors (Lipinski definition) is 9. The molecule has 0 saturated carbocycles. The van der Waals surface area contributed by atoms with Crippen LogP contribution in [0, 0.1) is 0 Å². The zero-order valence-corrected chi connectivity index (χ0v) is 31.2. The van der Waals surface area contributed by atoms with Gasteiger partial charge in [-0.1, -0.05) is 41.9 Å². The molecule has 290 valence electrons.